The highest BCUT2D eigenvalue weighted by molar-refractivity contribution is 9.11. The summed E-state index contributed by atoms with van der Waals surface area (Å²) >= 11 is 3.54. The van der Waals surface area contributed by atoms with Crippen LogP contribution in [-0.4, -0.2) is 22.4 Å². The third-order valence-corrected chi connectivity index (χ3v) is 8.25. The molecule has 0 bridgehead atoms. The Kier molecular flexibility index (Phi) is 4.06. The summed E-state index contributed by atoms with van der Waals surface area (Å²) in [6.45, 7) is 2.34. The zero-order valence-electron chi connectivity index (χ0n) is 14.0. The lowest BCUT2D eigenvalue weighted by Crippen LogP contribution is -2.51. The molecule has 0 aromatic carbocycles. The molecule has 0 aliphatic heterocycles. The number of hydrogen-bond acceptors (Lipinski definition) is 2. The monoisotopic (exact) mass is 380 g/mol. The summed E-state index contributed by atoms with van der Waals surface area (Å²) in [6, 6.07) is 0. The standard InChI is InChI=1S/C20H29BrO2/c1-19-8-7-17-15(16(19)4-5-18(19)23)3-2-13-12-14(22)6-9-20(13,17)10-11-21/h2,10-11,14-18,22-23H,3-9,12H2,1H3/b11-10+/t14-,15?,16?,17?,18-,19-,20+/m0/s1. The summed E-state index contributed by atoms with van der Waals surface area (Å²) < 4.78 is 0. The molecule has 3 fully saturated rings. The molecule has 0 aromatic rings. The topological polar surface area (TPSA) is 40.5 Å². The molecule has 0 amide bonds. The molecule has 4 aliphatic carbocycles. The second-order valence-electron chi connectivity index (χ2n) is 8.71. The van der Waals surface area contributed by atoms with Crippen LogP contribution in [0.25, 0.3) is 0 Å². The van der Waals surface area contributed by atoms with Crippen LogP contribution >= 0.6 is 15.9 Å². The SMILES string of the molecule is C[C@]12CCC3C(CC=C4C[C@@H](O)CC[C@@]43/C=C/Br)C1CC[C@@H]2O. The van der Waals surface area contributed by atoms with Crippen molar-refractivity contribution in [2.24, 2.45) is 28.6 Å². The zero-order chi connectivity index (χ0) is 16.2. The van der Waals surface area contributed by atoms with Crippen molar-refractivity contribution in [3.63, 3.8) is 0 Å². The maximum absolute atomic E-state index is 10.5. The Balaban J connectivity index is 1.73. The third kappa shape index (κ3) is 2.26. The Hall–Kier alpha value is -0.120. The maximum Gasteiger partial charge on any atom is 0.0596 e. The van der Waals surface area contributed by atoms with Gasteiger partial charge in [0.25, 0.3) is 0 Å². The van der Waals surface area contributed by atoms with Crippen molar-refractivity contribution in [1.82, 2.24) is 0 Å². The van der Waals surface area contributed by atoms with Gasteiger partial charge >= 0.3 is 0 Å². The molecule has 3 heteroatoms. The van der Waals surface area contributed by atoms with E-state index in [-0.39, 0.29) is 23.0 Å². The Morgan fingerprint density at radius 3 is 2.74 bits per heavy atom. The molecule has 23 heavy (non-hydrogen) atoms. The van der Waals surface area contributed by atoms with Gasteiger partial charge in [0, 0.05) is 5.41 Å². The fraction of sp³-hybridized carbons (Fsp3) is 0.800. The van der Waals surface area contributed by atoms with E-state index in [0.717, 1.165) is 38.5 Å². The number of halogens is 1. The van der Waals surface area contributed by atoms with Gasteiger partial charge in [-0.05, 0) is 79.5 Å². The van der Waals surface area contributed by atoms with Crippen LogP contribution in [0.5, 0.6) is 0 Å². The van der Waals surface area contributed by atoms with Gasteiger partial charge in [-0.2, -0.15) is 0 Å². The maximum atomic E-state index is 10.5. The Bertz CT molecular complexity index is 542. The second kappa shape index (κ2) is 5.71. The molecular formula is C20H29BrO2. The van der Waals surface area contributed by atoms with E-state index in [1.807, 2.05) is 0 Å². The summed E-state index contributed by atoms with van der Waals surface area (Å²) in [4.78, 5) is 2.05. The molecule has 0 spiro atoms. The minimum Gasteiger partial charge on any atom is -0.393 e. The van der Waals surface area contributed by atoms with Gasteiger partial charge in [-0.25, -0.2) is 0 Å². The lowest BCUT2D eigenvalue weighted by Gasteiger charge is -2.57. The van der Waals surface area contributed by atoms with Gasteiger partial charge in [-0.3, -0.25) is 0 Å². The first-order chi connectivity index (χ1) is 11.0. The van der Waals surface area contributed by atoms with Gasteiger partial charge in [0.15, 0.2) is 0 Å². The van der Waals surface area contributed by atoms with Crippen LogP contribution in [0.4, 0.5) is 0 Å². The molecule has 2 N–H and O–H groups in total. The summed E-state index contributed by atoms with van der Waals surface area (Å²) in [5.74, 6) is 2.06. The van der Waals surface area contributed by atoms with Crippen molar-refractivity contribution >= 4 is 15.9 Å². The molecular weight excluding hydrogens is 352 g/mol. The zero-order valence-corrected chi connectivity index (χ0v) is 15.6. The minimum atomic E-state index is -0.156. The average Bonchev–Trinajstić information content (AvgIpc) is 2.84. The minimum absolute atomic E-state index is 0.102. The van der Waals surface area contributed by atoms with E-state index >= 15 is 0 Å². The van der Waals surface area contributed by atoms with Crippen LogP contribution in [0.2, 0.25) is 0 Å². The van der Waals surface area contributed by atoms with E-state index in [0.29, 0.717) is 17.8 Å². The Labute approximate surface area is 148 Å². The molecule has 0 saturated heterocycles. The third-order valence-electron chi connectivity index (χ3n) is 7.99. The van der Waals surface area contributed by atoms with Crippen molar-refractivity contribution in [3.8, 4) is 0 Å². The molecule has 4 aliphatic rings. The highest BCUT2D eigenvalue weighted by Crippen LogP contribution is 2.65. The molecule has 4 rings (SSSR count). The van der Waals surface area contributed by atoms with Gasteiger partial charge < -0.3 is 10.2 Å². The van der Waals surface area contributed by atoms with E-state index in [4.69, 9.17) is 0 Å². The van der Waals surface area contributed by atoms with Gasteiger partial charge in [-0.15, -0.1) is 0 Å². The fourth-order valence-corrected chi connectivity index (χ4v) is 7.21. The first-order valence-corrected chi connectivity index (χ1v) is 10.3. The van der Waals surface area contributed by atoms with E-state index in [2.05, 4.69) is 40.0 Å². The van der Waals surface area contributed by atoms with E-state index < -0.39 is 0 Å². The first kappa shape index (κ1) is 16.4. The normalized spacial score (nSPS) is 52.7. The van der Waals surface area contributed by atoms with E-state index in [9.17, 15) is 10.2 Å². The molecule has 2 nitrogen and oxygen atoms in total. The van der Waals surface area contributed by atoms with Gasteiger partial charge in [0.2, 0.25) is 0 Å². The molecule has 0 heterocycles. The summed E-state index contributed by atoms with van der Waals surface area (Å²) in [7, 11) is 0. The fourth-order valence-electron chi connectivity index (χ4n) is 6.74. The average molecular weight is 381 g/mol. The van der Waals surface area contributed by atoms with Crippen LogP contribution in [0.15, 0.2) is 22.7 Å². The quantitative estimate of drug-likeness (QED) is 0.654. The number of allylic oxidation sites excluding steroid dienone is 2. The summed E-state index contributed by atoms with van der Waals surface area (Å²) in [6.07, 6.45) is 13.1. The summed E-state index contributed by atoms with van der Waals surface area (Å²) in [5, 5.41) is 20.7. The van der Waals surface area contributed by atoms with Gasteiger partial charge in [0.05, 0.1) is 12.2 Å². The number of fused-ring (bicyclic) bond motifs is 5. The second-order valence-corrected chi connectivity index (χ2v) is 9.24. The lowest BCUT2D eigenvalue weighted by atomic mass is 9.47. The number of hydrogen-bond donors (Lipinski definition) is 2. The van der Waals surface area contributed by atoms with Crippen LogP contribution in [-0.2, 0) is 0 Å². The van der Waals surface area contributed by atoms with Crippen LogP contribution in [0.3, 0.4) is 0 Å². The van der Waals surface area contributed by atoms with E-state index in [1.165, 1.54) is 18.4 Å². The predicted octanol–water partition coefficient (Wildman–Crippen LogP) is 4.56. The highest BCUT2D eigenvalue weighted by atomic mass is 79.9. The number of aliphatic hydroxyl groups is 2. The van der Waals surface area contributed by atoms with Crippen LogP contribution in [0.1, 0.15) is 58.3 Å². The Morgan fingerprint density at radius 1 is 1.13 bits per heavy atom. The molecule has 128 valence electrons. The van der Waals surface area contributed by atoms with Gasteiger partial charge in [-0.1, -0.05) is 40.6 Å². The van der Waals surface area contributed by atoms with Crippen LogP contribution < -0.4 is 0 Å². The van der Waals surface area contributed by atoms with Crippen molar-refractivity contribution in [2.45, 2.75) is 70.5 Å². The first-order valence-electron chi connectivity index (χ1n) is 9.35. The van der Waals surface area contributed by atoms with Crippen molar-refractivity contribution in [2.75, 3.05) is 0 Å². The van der Waals surface area contributed by atoms with Crippen molar-refractivity contribution < 1.29 is 10.2 Å². The molecule has 3 saturated carbocycles. The molecule has 0 radical (unpaired) electrons. The number of aliphatic hydroxyl groups excluding tert-OH is 2. The lowest BCUT2D eigenvalue weighted by molar-refractivity contribution is -0.0642. The largest absolute Gasteiger partial charge is 0.393 e. The van der Waals surface area contributed by atoms with Gasteiger partial charge in [0.1, 0.15) is 0 Å². The predicted molar refractivity (Wildman–Crippen MR) is 96.1 cm³/mol. The Morgan fingerprint density at radius 2 is 1.96 bits per heavy atom. The van der Waals surface area contributed by atoms with Crippen molar-refractivity contribution in [1.29, 1.82) is 0 Å². The van der Waals surface area contributed by atoms with Crippen LogP contribution in [0, 0.1) is 28.6 Å². The molecule has 7 atom stereocenters. The number of rotatable bonds is 1. The smallest absolute Gasteiger partial charge is 0.0596 e. The molecule has 3 unspecified atom stereocenters. The highest BCUT2D eigenvalue weighted by Gasteiger charge is 2.58. The van der Waals surface area contributed by atoms with E-state index in [1.54, 1.807) is 0 Å². The van der Waals surface area contributed by atoms with Crippen molar-refractivity contribution in [3.05, 3.63) is 22.7 Å². The molecule has 0 aromatic heterocycles. The summed E-state index contributed by atoms with van der Waals surface area (Å²) in [5.41, 5.74) is 1.77.